The van der Waals surface area contributed by atoms with Gasteiger partial charge in [-0.25, -0.2) is 0 Å². The molecule has 0 saturated carbocycles. The minimum absolute atomic E-state index is 0.0188. The van der Waals surface area contributed by atoms with Crippen molar-refractivity contribution in [3.05, 3.63) is 35.4 Å². The first-order valence-corrected chi connectivity index (χ1v) is 8.13. The van der Waals surface area contributed by atoms with Gasteiger partial charge in [-0.1, -0.05) is 12.1 Å². The molecule has 1 aliphatic heterocycles. The average Bonchev–Trinajstić information content (AvgIpc) is 2.91. The second-order valence-electron chi connectivity index (χ2n) is 6.15. The Labute approximate surface area is 148 Å². The van der Waals surface area contributed by atoms with Crippen LogP contribution in [-0.4, -0.2) is 42.3 Å². The lowest BCUT2D eigenvalue weighted by Crippen LogP contribution is -2.37. The normalized spacial score (nSPS) is 17.3. The quantitative estimate of drug-likeness (QED) is 0.740. The fourth-order valence-corrected chi connectivity index (χ4v) is 2.74. The number of carbonyl (C=O) groups excluding carboxylic acids is 3. The van der Waals surface area contributed by atoms with E-state index < -0.39 is 17.7 Å². The number of rotatable bonds is 6. The van der Waals surface area contributed by atoms with Gasteiger partial charge in [-0.2, -0.15) is 13.2 Å². The van der Waals surface area contributed by atoms with Crippen LogP contribution in [0.1, 0.15) is 24.5 Å². The van der Waals surface area contributed by atoms with Gasteiger partial charge in [-0.15, -0.1) is 0 Å². The summed E-state index contributed by atoms with van der Waals surface area (Å²) in [6.07, 6.45) is -4.42. The highest BCUT2D eigenvalue weighted by molar-refractivity contribution is 5.89. The van der Waals surface area contributed by atoms with E-state index in [2.05, 4.69) is 10.6 Å². The SMILES string of the molecule is CC(=O)NCCNC(=O)[C@H]1CC(=O)N(Cc2cccc(C(F)(F)F)c2)C1. The van der Waals surface area contributed by atoms with Gasteiger partial charge < -0.3 is 15.5 Å². The number of alkyl halides is 3. The molecule has 1 atom stereocenters. The Morgan fingerprint density at radius 2 is 1.92 bits per heavy atom. The molecule has 1 fully saturated rings. The van der Waals surface area contributed by atoms with E-state index in [1.54, 1.807) is 0 Å². The number of benzene rings is 1. The molecule has 0 bridgehead atoms. The molecule has 2 N–H and O–H groups in total. The first-order chi connectivity index (χ1) is 12.2. The largest absolute Gasteiger partial charge is 0.416 e. The van der Waals surface area contributed by atoms with E-state index in [-0.39, 0.29) is 50.3 Å². The van der Waals surface area contributed by atoms with Crippen molar-refractivity contribution >= 4 is 17.7 Å². The number of hydrogen-bond donors (Lipinski definition) is 2. The van der Waals surface area contributed by atoms with E-state index in [0.717, 1.165) is 12.1 Å². The van der Waals surface area contributed by atoms with Gasteiger partial charge in [-0.3, -0.25) is 14.4 Å². The lowest BCUT2D eigenvalue weighted by Gasteiger charge is -2.17. The number of amides is 3. The van der Waals surface area contributed by atoms with Crippen molar-refractivity contribution in [1.82, 2.24) is 15.5 Å². The Morgan fingerprint density at radius 3 is 2.58 bits per heavy atom. The topological polar surface area (TPSA) is 78.5 Å². The van der Waals surface area contributed by atoms with Crippen LogP contribution in [0, 0.1) is 5.92 Å². The third-order valence-electron chi connectivity index (χ3n) is 4.01. The van der Waals surface area contributed by atoms with Crippen molar-refractivity contribution in [2.75, 3.05) is 19.6 Å². The van der Waals surface area contributed by atoms with Crippen LogP contribution in [0.3, 0.4) is 0 Å². The molecule has 3 amide bonds. The predicted molar refractivity (Wildman–Crippen MR) is 86.7 cm³/mol. The number of nitrogens with one attached hydrogen (secondary N) is 2. The van der Waals surface area contributed by atoms with Gasteiger partial charge >= 0.3 is 6.18 Å². The number of carbonyl (C=O) groups is 3. The Bertz CT molecular complexity index is 691. The molecule has 1 aromatic rings. The Hall–Kier alpha value is -2.58. The highest BCUT2D eigenvalue weighted by Crippen LogP contribution is 2.30. The third kappa shape index (κ3) is 5.47. The maximum Gasteiger partial charge on any atom is 0.416 e. The minimum Gasteiger partial charge on any atom is -0.355 e. The van der Waals surface area contributed by atoms with Crippen molar-refractivity contribution in [3.8, 4) is 0 Å². The van der Waals surface area contributed by atoms with Gasteiger partial charge in [0.05, 0.1) is 11.5 Å². The van der Waals surface area contributed by atoms with Crippen LogP contribution >= 0.6 is 0 Å². The lowest BCUT2D eigenvalue weighted by atomic mass is 10.1. The van der Waals surface area contributed by atoms with Crippen molar-refractivity contribution in [2.24, 2.45) is 5.92 Å². The summed E-state index contributed by atoms with van der Waals surface area (Å²) in [5.74, 6) is -1.34. The first-order valence-electron chi connectivity index (χ1n) is 8.13. The van der Waals surface area contributed by atoms with Crippen LogP contribution in [0.25, 0.3) is 0 Å². The van der Waals surface area contributed by atoms with Crippen LogP contribution in [0.4, 0.5) is 13.2 Å². The van der Waals surface area contributed by atoms with Gasteiger partial charge in [0.15, 0.2) is 0 Å². The molecule has 0 spiro atoms. The molecule has 0 aliphatic carbocycles. The Kier molecular flexibility index (Phi) is 6.23. The second-order valence-corrected chi connectivity index (χ2v) is 6.15. The highest BCUT2D eigenvalue weighted by Gasteiger charge is 2.35. The van der Waals surface area contributed by atoms with Crippen LogP contribution in [0.15, 0.2) is 24.3 Å². The first kappa shape index (κ1) is 19.7. The minimum atomic E-state index is -4.44. The fourth-order valence-electron chi connectivity index (χ4n) is 2.74. The van der Waals surface area contributed by atoms with Crippen molar-refractivity contribution in [1.29, 1.82) is 0 Å². The summed E-state index contributed by atoms with van der Waals surface area (Å²) >= 11 is 0. The number of halogens is 3. The smallest absolute Gasteiger partial charge is 0.355 e. The third-order valence-corrected chi connectivity index (χ3v) is 4.01. The zero-order valence-electron chi connectivity index (χ0n) is 14.2. The predicted octanol–water partition coefficient (Wildman–Crippen LogP) is 1.31. The van der Waals surface area contributed by atoms with Crippen LogP contribution in [-0.2, 0) is 27.1 Å². The zero-order chi connectivity index (χ0) is 19.3. The molecule has 6 nitrogen and oxygen atoms in total. The summed E-state index contributed by atoms with van der Waals surface area (Å²) in [4.78, 5) is 36.3. The van der Waals surface area contributed by atoms with Crippen LogP contribution in [0.5, 0.6) is 0 Å². The molecule has 142 valence electrons. The van der Waals surface area contributed by atoms with Gasteiger partial charge in [0.25, 0.3) is 0 Å². The zero-order valence-corrected chi connectivity index (χ0v) is 14.2. The van der Waals surface area contributed by atoms with Crippen molar-refractivity contribution in [3.63, 3.8) is 0 Å². The number of hydrogen-bond acceptors (Lipinski definition) is 3. The van der Waals surface area contributed by atoms with E-state index in [4.69, 9.17) is 0 Å². The average molecular weight is 371 g/mol. The van der Waals surface area contributed by atoms with E-state index in [1.165, 1.54) is 24.0 Å². The Balaban J connectivity index is 1.89. The van der Waals surface area contributed by atoms with Crippen LogP contribution < -0.4 is 10.6 Å². The number of nitrogens with zero attached hydrogens (tertiary/aromatic N) is 1. The fraction of sp³-hybridized carbons (Fsp3) is 0.471. The van der Waals surface area contributed by atoms with E-state index in [9.17, 15) is 27.6 Å². The molecule has 0 radical (unpaired) electrons. The second kappa shape index (κ2) is 8.20. The molecule has 0 unspecified atom stereocenters. The molecular formula is C17H20F3N3O3. The molecule has 26 heavy (non-hydrogen) atoms. The van der Waals surface area contributed by atoms with Gasteiger partial charge in [0.2, 0.25) is 17.7 Å². The maximum atomic E-state index is 12.8. The molecule has 2 rings (SSSR count). The van der Waals surface area contributed by atoms with Crippen molar-refractivity contribution in [2.45, 2.75) is 26.1 Å². The summed E-state index contributed by atoms with van der Waals surface area (Å²) in [5, 5.41) is 5.17. The molecule has 0 aromatic heterocycles. The molecule has 1 saturated heterocycles. The van der Waals surface area contributed by atoms with Gasteiger partial charge in [0.1, 0.15) is 0 Å². The summed E-state index contributed by atoms with van der Waals surface area (Å²) in [5.41, 5.74) is -0.409. The lowest BCUT2D eigenvalue weighted by molar-refractivity contribution is -0.137. The maximum absolute atomic E-state index is 12.8. The van der Waals surface area contributed by atoms with Gasteiger partial charge in [-0.05, 0) is 17.7 Å². The molecular weight excluding hydrogens is 351 g/mol. The Morgan fingerprint density at radius 1 is 1.23 bits per heavy atom. The van der Waals surface area contributed by atoms with E-state index in [0.29, 0.717) is 5.56 Å². The molecule has 1 aromatic carbocycles. The molecule has 9 heteroatoms. The monoisotopic (exact) mass is 371 g/mol. The van der Waals surface area contributed by atoms with E-state index in [1.807, 2.05) is 0 Å². The molecule has 1 aliphatic rings. The summed E-state index contributed by atoms with van der Waals surface area (Å²) in [6.45, 7) is 2.08. The number of likely N-dealkylation sites (tertiary alicyclic amines) is 1. The summed E-state index contributed by atoms with van der Waals surface area (Å²) in [6, 6.07) is 4.79. The standard InChI is InChI=1S/C17H20F3N3O3/c1-11(24)21-5-6-22-16(26)13-8-15(25)23(10-13)9-12-3-2-4-14(7-12)17(18,19)20/h2-4,7,13H,5-6,8-10H2,1H3,(H,21,24)(H,22,26)/t13-/m0/s1. The summed E-state index contributed by atoms with van der Waals surface area (Å²) < 4.78 is 38.3. The summed E-state index contributed by atoms with van der Waals surface area (Å²) in [7, 11) is 0. The van der Waals surface area contributed by atoms with Crippen LogP contribution in [0.2, 0.25) is 0 Å². The highest BCUT2D eigenvalue weighted by atomic mass is 19.4. The van der Waals surface area contributed by atoms with E-state index >= 15 is 0 Å². The molecule has 1 heterocycles. The van der Waals surface area contributed by atoms with Gasteiger partial charge in [0, 0.05) is 39.5 Å². The van der Waals surface area contributed by atoms with Crippen molar-refractivity contribution < 1.29 is 27.6 Å².